The molecule has 0 spiro atoms. The molecule has 1 aromatic rings. The van der Waals surface area contributed by atoms with Crippen LogP contribution in [0.1, 0.15) is 31.9 Å². The number of nitrogens with zero attached hydrogens (tertiary/aromatic N) is 2. The van der Waals surface area contributed by atoms with Crippen LogP contribution in [0.2, 0.25) is 0 Å². The maximum atomic E-state index is 12.8. The van der Waals surface area contributed by atoms with Gasteiger partial charge in [0.25, 0.3) is 0 Å². The van der Waals surface area contributed by atoms with Gasteiger partial charge in [0.05, 0.1) is 19.6 Å². The Bertz CT molecular complexity index is 691. The smallest absolute Gasteiger partial charge is 0.234 e. The Morgan fingerprint density at radius 3 is 2.87 bits per heavy atom. The van der Waals surface area contributed by atoms with Crippen LogP contribution in [0.25, 0.3) is 6.08 Å². The summed E-state index contributed by atoms with van der Waals surface area (Å²) in [5.74, 6) is 2.15. The van der Waals surface area contributed by atoms with E-state index in [4.69, 9.17) is 4.74 Å². The Morgan fingerprint density at radius 1 is 1.43 bits per heavy atom. The first-order valence-electron chi connectivity index (χ1n) is 8.22. The number of ether oxygens (including phenoxy) is 1. The first kappa shape index (κ1) is 15.8. The van der Waals surface area contributed by atoms with Crippen molar-refractivity contribution in [3.8, 4) is 5.75 Å². The number of hydrogen-bond donors (Lipinski definition) is 0. The van der Waals surface area contributed by atoms with E-state index < -0.39 is 0 Å². The van der Waals surface area contributed by atoms with Gasteiger partial charge < -0.3 is 4.74 Å². The van der Waals surface area contributed by atoms with Crippen molar-refractivity contribution in [3.63, 3.8) is 0 Å². The SMILES string of the molecule is COc1ccc2c(c1)CC(C)C([C@H](C)C(=O)N1CCN=C1C)=C2. The lowest BCUT2D eigenvalue weighted by atomic mass is 9.79. The second-order valence-corrected chi connectivity index (χ2v) is 6.45. The van der Waals surface area contributed by atoms with Crippen molar-refractivity contribution >= 4 is 17.8 Å². The van der Waals surface area contributed by atoms with Crippen LogP contribution >= 0.6 is 0 Å². The number of aliphatic imine (C=N–C) groups is 1. The fourth-order valence-electron chi connectivity index (χ4n) is 3.55. The molecule has 4 nitrogen and oxygen atoms in total. The van der Waals surface area contributed by atoms with Gasteiger partial charge in [-0.2, -0.15) is 0 Å². The summed E-state index contributed by atoms with van der Waals surface area (Å²) in [6.45, 7) is 7.57. The molecule has 0 radical (unpaired) electrons. The second-order valence-electron chi connectivity index (χ2n) is 6.45. The van der Waals surface area contributed by atoms with Gasteiger partial charge >= 0.3 is 0 Å². The number of hydrogen-bond acceptors (Lipinski definition) is 3. The third-order valence-electron chi connectivity index (χ3n) is 4.96. The molecule has 0 aromatic heterocycles. The van der Waals surface area contributed by atoms with Crippen molar-refractivity contribution in [2.45, 2.75) is 27.2 Å². The Labute approximate surface area is 137 Å². The van der Waals surface area contributed by atoms with Crippen LogP contribution in [0.5, 0.6) is 5.75 Å². The van der Waals surface area contributed by atoms with Gasteiger partial charge in [0.15, 0.2) is 0 Å². The predicted octanol–water partition coefficient (Wildman–Crippen LogP) is 3.17. The third-order valence-corrected chi connectivity index (χ3v) is 4.96. The number of carbonyl (C=O) groups excluding carboxylic acids is 1. The quantitative estimate of drug-likeness (QED) is 0.860. The summed E-state index contributed by atoms with van der Waals surface area (Å²) >= 11 is 0. The monoisotopic (exact) mass is 312 g/mol. The second kappa shape index (κ2) is 6.19. The van der Waals surface area contributed by atoms with Crippen LogP contribution in [0, 0.1) is 11.8 Å². The van der Waals surface area contributed by atoms with Crippen LogP contribution in [0.4, 0.5) is 0 Å². The van der Waals surface area contributed by atoms with E-state index in [9.17, 15) is 4.79 Å². The highest BCUT2D eigenvalue weighted by Crippen LogP contribution is 2.35. The molecule has 0 fully saturated rings. The lowest BCUT2D eigenvalue weighted by Crippen LogP contribution is -2.38. The molecule has 1 aromatic carbocycles. The van der Waals surface area contributed by atoms with Crippen molar-refractivity contribution in [2.75, 3.05) is 20.2 Å². The molecule has 1 aliphatic heterocycles. The van der Waals surface area contributed by atoms with E-state index in [-0.39, 0.29) is 11.8 Å². The zero-order valence-corrected chi connectivity index (χ0v) is 14.3. The van der Waals surface area contributed by atoms with E-state index in [0.29, 0.717) is 12.5 Å². The highest BCUT2D eigenvalue weighted by molar-refractivity contribution is 6.00. The van der Waals surface area contributed by atoms with E-state index in [1.165, 1.54) is 16.7 Å². The minimum absolute atomic E-state index is 0.108. The summed E-state index contributed by atoms with van der Waals surface area (Å²) in [4.78, 5) is 18.9. The van der Waals surface area contributed by atoms with Crippen LogP contribution in [0.3, 0.4) is 0 Å². The van der Waals surface area contributed by atoms with E-state index >= 15 is 0 Å². The van der Waals surface area contributed by atoms with Gasteiger partial charge in [0, 0.05) is 6.54 Å². The topological polar surface area (TPSA) is 41.9 Å². The number of amides is 1. The van der Waals surface area contributed by atoms with Crippen molar-refractivity contribution in [1.29, 1.82) is 0 Å². The zero-order chi connectivity index (χ0) is 16.6. The summed E-state index contributed by atoms with van der Waals surface area (Å²) < 4.78 is 5.31. The summed E-state index contributed by atoms with van der Waals surface area (Å²) in [5, 5.41) is 0. The van der Waals surface area contributed by atoms with Gasteiger partial charge in [-0.05, 0) is 49.4 Å². The largest absolute Gasteiger partial charge is 0.497 e. The number of methoxy groups -OCH3 is 1. The molecular weight excluding hydrogens is 288 g/mol. The van der Waals surface area contributed by atoms with Gasteiger partial charge in [-0.1, -0.05) is 24.6 Å². The number of benzene rings is 1. The molecule has 4 heteroatoms. The van der Waals surface area contributed by atoms with Crippen molar-refractivity contribution in [3.05, 3.63) is 34.9 Å². The average molecular weight is 312 g/mol. The van der Waals surface area contributed by atoms with Gasteiger partial charge in [0.2, 0.25) is 5.91 Å². The molecule has 0 N–H and O–H groups in total. The third kappa shape index (κ3) is 2.90. The summed E-state index contributed by atoms with van der Waals surface area (Å²) in [6.07, 6.45) is 3.14. The molecule has 2 atom stereocenters. The lowest BCUT2D eigenvalue weighted by molar-refractivity contribution is -0.129. The first-order chi connectivity index (χ1) is 11.0. The molecule has 3 rings (SSSR count). The van der Waals surface area contributed by atoms with E-state index in [0.717, 1.165) is 24.6 Å². The van der Waals surface area contributed by atoms with Gasteiger partial charge in [-0.25, -0.2) is 0 Å². The van der Waals surface area contributed by atoms with E-state index in [2.05, 4.69) is 30.1 Å². The van der Waals surface area contributed by atoms with E-state index in [1.807, 2.05) is 24.8 Å². The zero-order valence-electron chi connectivity index (χ0n) is 14.3. The van der Waals surface area contributed by atoms with Crippen LogP contribution in [-0.4, -0.2) is 36.8 Å². The van der Waals surface area contributed by atoms with Gasteiger partial charge in [-0.3, -0.25) is 14.7 Å². The molecule has 122 valence electrons. The molecule has 1 aliphatic carbocycles. The molecule has 0 bridgehead atoms. The standard InChI is InChI=1S/C19H24N2O2/c1-12-9-16-10-17(23-4)6-5-15(16)11-18(12)13(2)19(22)21-8-7-20-14(21)3/h5-6,10-13H,7-9H2,1-4H3/t12?,13-/m0/s1. The van der Waals surface area contributed by atoms with Crippen molar-refractivity contribution < 1.29 is 9.53 Å². The fourth-order valence-corrected chi connectivity index (χ4v) is 3.55. The molecule has 1 unspecified atom stereocenters. The molecule has 1 heterocycles. The first-order valence-corrected chi connectivity index (χ1v) is 8.22. The van der Waals surface area contributed by atoms with Gasteiger partial charge in [0.1, 0.15) is 11.6 Å². The van der Waals surface area contributed by atoms with E-state index in [1.54, 1.807) is 7.11 Å². The highest BCUT2D eigenvalue weighted by atomic mass is 16.5. The number of fused-ring (bicyclic) bond motifs is 1. The maximum Gasteiger partial charge on any atom is 0.234 e. The van der Waals surface area contributed by atoms with Crippen molar-refractivity contribution in [1.82, 2.24) is 4.90 Å². The average Bonchev–Trinajstić information content (AvgIpc) is 2.98. The normalized spacial score (nSPS) is 21.4. The predicted molar refractivity (Wildman–Crippen MR) is 92.7 cm³/mol. The Morgan fingerprint density at radius 2 is 2.22 bits per heavy atom. The highest BCUT2D eigenvalue weighted by Gasteiger charge is 2.31. The summed E-state index contributed by atoms with van der Waals surface area (Å²) in [6, 6.07) is 6.16. The molecular formula is C19H24N2O2. The Kier molecular flexibility index (Phi) is 4.24. The van der Waals surface area contributed by atoms with Crippen LogP contribution < -0.4 is 4.74 Å². The Balaban J connectivity index is 1.87. The number of amidine groups is 1. The molecule has 0 saturated heterocycles. The summed E-state index contributed by atoms with van der Waals surface area (Å²) in [5.41, 5.74) is 3.71. The summed E-state index contributed by atoms with van der Waals surface area (Å²) in [7, 11) is 1.69. The van der Waals surface area contributed by atoms with Gasteiger partial charge in [-0.15, -0.1) is 0 Å². The minimum Gasteiger partial charge on any atom is -0.497 e. The minimum atomic E-state index is -0.108. The molecule has 0 saturated carbocycles. The molecule has 23 heavy (non-hydrogen) atoms. The fraction of sp³-hybridized carbons (Fsp3) is 0.474. The lowest BCUT2D eigenvalue weighted by Gasteiger charge is -2.29. The Hall–Kier alpha value is -2.10. The number of carbonyl (C=O) groups is 1. The number of rotatable bonds is 3. The molecule has 1 amide bonds. The maximum absolute atomic E-state index is 12.8. The van der Waals surface area contributed by atoms with Crippen LogP contribution in [-0.2, 0) is 11.2 Å². The van der Waals surface area contributed by atoms with Crippen molar-refractivity contribution in [2.24, 2.45) is 16.8 Å². The molecule has 2 aliphatic rings. The van der Waals surface area contributed by atoms with Crippen LogP contribution in [0.15, 0.2) is 28.8 Å².